The largest absolute Gasteiger partial charge is 0.355 e. The molecule has 2 amide bonds. The van der Waals surface area contributed by atoms with Gasteiger partial charge in [-0.25, -0.2) is 13.1 Å². The van der Waals surface area contributed by atoms with Crippen molar-refractivity contribution in [3.63, 3.8) is 0 Å². The van der Waals surface area contributed by atoms with Crippen LogP contribution in [0, 0.1) is 20.8 Å². The Morgan fingerprint density at radius 3 is 2.28 bits per heavy atom. The fraction of sp³-hybridized carbons (Fsp3) is 0.333. The lowest BCUT2D eigenvalue weighted by atomic mass is 10.1. The molecule has 0 bridgehead atoms. The summed E-state index contributed by atoms with van der Waals surface area (Å²) in [5, 5.41) is 5.28. The van der Waals surface area contributed by atoms with Crippen molar-refractivity contribution in [3.05, 3.63) is 64.2 Å². The van der Waals surface area contributed by atoms with Crippen molar-refractivity contribution in [1.82, 2.24) is 15.4 Å². The molecule has 7 nitrogen and oxygen atoms in total. The van der Waals surface area contributed by atoms with Crippen LogP contribution in [0.1, 0.15) is 39.0 Å². The summed E-state index contributed by atoms with van der Waals surface area (Å²) in [7, 11) is -2.14. The summed E-state index contributed by atoms with van der Waals surface area (Å²) in [6, 6.07) is 10.6. The average molecular weight is 418 g/mol. The Labute approximate surface area is 172 Å². The van der Waals surface area contributed by atoms with E-state index in [1.165, 1.54) is 0 Å². The summed E-state index contributed by atoms with van der Waals surface area (Å²) in [5.74, 6) is -0.482. The zero-order valence-electron chi connectivity index (χ0n) is 17.1. The summed E-state index contributed by atoms with van der Waals surface area (Å²) in [5.41, 5.74) is 3.64. The number of nitrogens with one attached hydrogen (secondary N) is 3. The van der Waals surface area contributed by atoms with Crippen molar-refractivity contribution >= 4 is 21.8 Å². The van der Waals surface area contributed by atoms with Crippen molar-refractivity contribution in [3.8, 4) is 0 Å². The van der Waals surface area contributed by atoms with E-state index in [-0.39, 0.29) is 36.2 Å². The molecule has 0 heterocycles. The van der Waals surface area contributed by atoms with Crippen molar-refractivity contribution in [2.45, 2.75) is 38.6 Å². The van der Waals surface area contributed by atoms with Crippen LogP contribution >= 0.6 is 0 Å². The molecule has 8 heteroatoms. The molecule has 0 aliphatic carbocycles. The summed E-state index contributed by atoms with van der Waals surface area (Å²) in [6.45, 7) is 5.69. The van der Waals surface area contributed by atoms with Gasteiger partial charge >= 0.3 is 0 Å². The first-order valence-corrected chi connectivity index (χ1v) is 10.8. The minimum Gasteiger partial charge on any atom is -0.355 e. The molecule has 2 aromatic carbocycles. The van der Waals surface area contributed by atoms with Gasteiger partial charge in [0.15, 0.2) is 0 Å². The van der Waals surface area contributed by atoms with E-state index in [0.29, 0.717) is 16.7 Å². The Bertz CT molecular complexity index is 993. The third kappa shape index (κ3) is 6.13. The van der Waals surface area contributed by atoms with Gasteiger partial charge in [-0.1, -0.05) is 29.8 Å². The fourth-order valence-corrected chi connectivity index (χ4v) is 4.70. The Balaban J connectivity index is 1.89. The molecule has 0 atom stereocenters. The van der Waals surface area contributed by atoms with Crippen molar-refractivity contribution in [2.75, 3.05) is 13.6 Å². The first-order chi connectivity index (χ1) is 13.6. The first-order valence-electron chi connectivity index (χ1n) is 9.29. The van der Waals surface area contributed by atoms with E-state index in [0.717, 1.165) is 11.1 Å². The van der Waals surface area contributed by atoms with Crippen molar-refractivity contribution < 1.29 is 18.0 Å². The van der Waals surface area contributed by atoms with Gasteiger partial charge in [0.2, 0.25) is 15.9 Å². The van der Waals surface area contributed by atoms with Crippen LogP contribution in [0.4, 0.5) is 0 Å². The quantitative estimate of drug-likeness (QED) is 0.611. The van der Waals surface area contributed by atoms with E-state index in [1.807, 2.05) is 19.1 Å². The SMILES string of the molecule is CNC(=O)c1cccc(CNC(=O)CCNS(=O)(=O)c2c(C)cc(C)cc2C)c1. The first kappa shape index (κ1) is 22.6. The maximum Gasteiger partial charge on any atom is 0.251 e. The number of aryl methyl sites for hydroxylation is 3. The van der Waals surface area contributed by atoms with Crippen molar-refractivity contribution in [1.29, 1.82) is 0 Å². The van der Waals surface area contributed by atoms with Gasteiger partial charge in [0.25, 0.3) is 5.91 Å². The highest BCUT2D eigenvalue weighted by atomic mass is 32.2. The predicted molar refractivity (Wildman–Crippen MR) is 112 cm³/mol. The normalized spacial score (nSPS) is 11.2. The molecule has 29 heavy (non-hydrogen) atoms. The zero-order valence-corrected chi connectivity index (χ0v) is 17.9. The standard InChI is InChI=1S/C21H27N3O4S/c1-14-10-15(2)20(16(3)11-14)29(27,28)24-9-8-19(25)23-13-17-6-5-7-18(12-17)21(26)22-4/h5-7,10-12,24H,8-9,13H2,1-4H3,(H,22,26)(H,23,25). The second-order valence-electron chi connectivity index (χ2n) is 6.93. The molecule has 3 N–H and O–H groups in total. The molecule has 0 saturated heterocycles. The van der Waals surface area contributed by atoms with Crippen LogP contribution < -0.4 is 15.4 Å². The van der Waals surface area contributed by atoms with Gasteiger partial charge in [-0.05, 0) is 49.6 Å². The number of carbonyl (C=O) groups is 2. The Morgan fingerprint density at radius 2 is 1.66 bits per heavy atom. The van der Waals surface area contributed by atoms with Gasteiger partial charge in [-0.15, -0.1) is 0 Å². The van der Waals surface area contributed by atoms with E-state index in [1.54, 1.807) is 45.2 Å². The maximum absolute atomic E-state index is 12.6. The van der Waals surface area contributed by atoms with E-state index in [2.05, 4.69) is 15.4 Å². The molecule has 0 aromatic heterocycles. The Kier molecular flexibility index (Phi) is 7.53. The number of sulfonamides is 1. The van der Waals surface area contributed by atoms with Crippen LogP contribution in [0.5, 0.6) is 0 Å². The number of rotatable bonds is 8. The second-order valence-corrected chi connectivity index (χ2v) is 8.64. The molecule has 0 saturated carbocycles. The van der Waals surface area contributed by atoms with Gasteiger partial charge in [-0.2, -0.15) is 0 Å². The van der Waals surface area contributed by atoms with E-state index in [9.17, 15) is 18.0 Å². The molecule has 0 aliphatic rings. The van der Waals surface area contributed by atoms with Gasteiger partial charge in [0.05, 0.1) is 4.90 Å². The highest BCUT2D eigenvalue weighted by molar-refractivity contribution is 7.89. The molecular formula is C21H27N3O4S. The smallest absolute Gasteiger partial charge is 0.251 e. The maximum atomic E-state index is 12.6. The summed E-state index contributed by atoms with van der Waals surface area (Å²) < 4.78 is 27.7. The molecule has 2 aromatic rings. The minimum atomic E-state index is -3.69. The molecule has 0 unspecified atom stereocenters. The molecule has 0 fully saturated rings. The van der Waals surface area contributed by atoms with Gasteiger partial charge in [0, 0.05) is 32.1 Å². The predicted octanol–water partition coefficient (Wildman–Crippen LogP) is 1.96. The topological polar surface area (TPSA) is 104 Å². The van der Waals surface area contributed by atoms with Crippen LogP contribution in [0.15, 0.2) is 41.3 Å². The molecule has 0 spiro atoms. The van der Waals surface area contributed by atoms with Crippen LogP contribution in [0.25, 0.3) is 0 Å². The Morgan fingerprint density at radius 1 is 1.00 bits per heavy atom. The number of benzene rings is 2. The average Bonchev–Trinajstić information content (AvgIpc) is 2.64. The monoisotopic (exact) mass is 417 g/mol. The van der Waals surface area contributed by atoms with Gasteiger partial charge in [-0.3, -0.25) is 9.59 Å². The molecule has 156 valence electrons. The fourth-order valence-electron chi connectivity index (χ4n) is 3.22. The third-order valence-electron chi connectivity index (χ3n) is 4.42. The van der Waals surface area contributed by atoms with E-state index in [4.69, 9.17) is 0 Å². The third-order valence-corrected chi connectivity index (χ3v) is 6.19. The molecular weight excluding hydrogens is 390 g/mol. The number of amides is 2. The minimum absolute atomic E-state index is 0.000790. The second kappa shape index (κ2) is 9.67. The lowest BCUT2D eigenvalue weighted by Crippen LogP contribution is -2.31. The van der Waals surface area contributed by atoms with Gasteiger partial charge < -0.3 is 10.6 Å². The Hall–Kier alpha value is -2.71. The van der Waals surface area contributed by atoms with Crippen LogP contribution in [0.3, 0.4) is 0 Å². The van der Waals surface area contributed by atoms with Crippen LogP contribution in [0.2, 0.25) is 0 Å². The van der Waals surface area contributed by atoms with Crippen LogP contribution in [-0.4, -0.2) is 33.8 Å². The summed E-state index contributed by atoms with van der Waals surface area (Å²) in [4.78, 5) is 24.0. The summed E-state index contributed by atoms with van der Waals surface area (Å²) in [6.07, 6.45) is 0.0122. The summed E-state index contributed by atoms with van der Waals surface area (Å²) >= 11 is 0. The van der Waals surface area contributed by atoms with Crippen molar-refractivity contribution in [2.24, 2.45) is 0 Å². The van der Waals surface area contributed by atoms with E-state index < -0.39 is 10.0 Å². The highest BCUT2D eigenvalue weighted by Gasteiger charge is 2.19. The number of carbonyl (C=O) groups excluding carboxylic acids is 2. The van der Waals surface area contributed by atoms with E-state index >= 15 is 0 Å². The molecule has 0 aliphatic heterocycles. The number of hydrogen-bond acceptors (Lipinski definition) is 4. The zero-order chi connectivity index (χ0) is 21.6. The van der Waals surface area contributed by atoms with Gasteiger partial charge in [0.1, 0.15) is 0 Å². The number of hydrogen-bond donors (Lipinski definition) is 3. The highest BCUT2D eigenvalue weighted by Crippen LogP contribution is 2.21. The lowest BCUT2D eigenvalue weighted by molar-refractivity contribution is -0.121. The molecule has 2 rings (SSSR count). The van der Waals surface area contributed by atoms with Crippen LogP contribution in [-0.2, 0) is 21.4 Å². The molecule has 0 radical (unpaired) electrons. The lowest BCUT2D eigenvalue weighted by Gasteiger charge is -2.13.